The highest BCUT2D eigenvalue weighted by Crippen LogP contribution is 2.22. The molecule has 0 saturated carbocycles. The van der Waals surface area contributed by atoms with Crippen LogP contribution in [-0.2, 0) is 11.3 Å². The third-order valence-electron chi connectivity index (χ3n) is 3.35. The third-order valence-corrected chi connectivity index (χ3v) is 3.35. The molecule has 2 aromatic rings. The van der Waals surface area contributed by atoms with Crippen molar-refractivity contribution in [1.29, 1.82) is 0 Å². The second-order valence-electron chi connectivity index (χ2n) is 5.26. The number of methoxy groups -OCH3 is 1. The number of nitrogens with one attached hydrogen (secondary N) is 2. The average molecular weight is 312 g/mol. The van der Waals surface area contributed by atoms with Gasteiger partial charge < -0.3 is 15.4 Å². The molecule has 0 spiro atoms. The van der Waals surface area contributed by atoms with E-state index in [1.54, 1.807) is 37.4 Å². The fraction of sp³-hybridized carbons (Fsp3) is 0.222. The molecule has 0 aliphatic heterocycles. The van der Waals surface area contributed by atoms with E-state index in [9.17, 15) is 9.59 Å². The molecule has 120 valence electrons. The summed E-state index contributed by atoms with van der Waals surface area (Å²) in [7, 11) is 1.57. The van der Waals surface area contributed by atoms with Crippen molar-refractivity contribution in [3.63, 3.8) is 0 Å². The van der Waals surface area contributed by atoms with Crippen molar-refractivity contribution >= 4 is 17.5 Å². The van der Waals surface area contributed by atoms with Crippen molar-refractivity contribution in [3.8, 4) is 5.75 Å². The van der Waals surface area contributed by atoms with Gasteiger partial charge in [-0.1, -0.05) is 17.7 Å². The number of anilines is 1. The summed E-state index contributed by atoms with van der Waals surface area (Å²) in [4.78, 5) is 23.3. The summed E-state index contributed by atoms with van der Waals surface area (Å²) >= 11 is 0. The maximum atomic E-state index is 12.2. The number of benzene rings is 2. The fourth-order valence-electron chi connectivity index (χ4n) is 2.18. The Morgan fingerprint density at radius 1 is 1.09 bits per heavy atom. The van der Waals surface area contributed by atoms with E-state index >= 15 is 0 Å². The van der Waals surface area contributed by atoms with Crippen LogP contribution in [0.4, 0.5) is 5.69 Å². The number of amides is 2. The molecule has 5 heteroatoms. The van der Waals surface area contributed by atoms with Crippen molar-refractivity contribution < 1.29 is 14.3 Å². The Morgan fingerprint density at radius 2 is 1.78 bits per heavy atom. The van der Waals surface area contributed by atoms with Crippen LogP contribution in [0.25, 0.3) is 0 Å². The van der Waals surface area contributed by atoms with Gasteiger partial charge in [-0.25, -0.2) is 0 Å². The number of ether oxygens (including phenoxy) is 1. The number of hydrogen-bond acceptors (Lipinski definition) is 3. The molecule has 0 aliphatic carbocycles. The van der Waals surface area contributed by atoms with Crippen LogP contribution < -0.4 is 15.4 Å². The van der Waals surface area contributed by atoms with Gasteiger partial charge in [0.15, 0.2) is 0 Å². The second kappa shape index (κ2) is 7.45. The van der Waals surface area contributed by atoms with Crippen LogP contribution >= 0.6 is 0 Å². The van der Waals surface area contributed by atoms with Gasteiger partial charge in [0.1, 0.15) is 5.75 Å². The summed E-state index contributed by atoms with van der Waals surface area (Å²) in [6.07, 6.45) is 0. The largest absolute Gasteiger partial charge is 0.496 e. The zero-order valence-electron chi connectivity index (χ0n) is 13.5. The lowest BCUT2D eigenvalue weighted by molar-refractivity contribution is -0.114. The maximum Gasteiger partial charge on any atom is 0.251 e. The Labute approximate surface area is 135 Å². The Balaban J connectivity index is 2.10. The standard InChI is InChI=1S/C18H20N2O3/c1-12-4-6-14(7-5-12)18(22)19-11-15-10-16(20-13(2)21)8-9-17(15)23-3/h4-10H,11H2,1-3H3,(H,19,22)(H,20,21). The lowest BCUT2D eigenvalue weighted by Gasteiger charge is -2.12. The van der Waals surface area contributed by atoms with Crippen LogP contribution in [0.3, 0.4) is 0 Å². The Hall–Kier alpha value is -2.82. The van der Waals surface area contributed by atoms with E-state index in [1.165, 1.54) is 6.92 Å². The van der Waals surface area contributed by atoms with Crippen LogP contribution in [0.2, 0.25) is 0 Å². The van der Waals surface area contributed by atoms with E-state index in [-0.39, 0.29) is 11.8 Å². The van der Waals surface area contributed by atoms with Gasteiger partial charge in [-0.05, 0) is 37.3 Å². The van der Waals surface area contributed by atoms with E-state index in [2.05, 4.69) is 10.6 Å². The summed E-state index contributed by atoms with van der Waals surface area (Å²) < 4.78 is 5.30. The van der Waals surface area contributed by atoms with E-state index < -0.39 is 0 Å². The number of carbonyl (C=O) groups excluding carboxylic acids is 2. The molecule has 23 heavy (non-hydrogen) atoms. The van der Waals surface area contributed by atoms with Gasteiger partial charge >= 0.3 is 0 Å². The Morgan fingerprint density at radius 3 is 2.39 bits per heavy atom. The smallest absolute Gasteiger partial charge is 0.251 e. The average Bonchev–Trinajstić information content (AvgIpc) is 2.53. The molecule has 0 heterocycles. The first kappa shape index (κ1) is 16.5. The molecule has 0 atom stereocenters. The van der Waals surface area contributed by atoms with Crippen molar-refractivity contribution in [2.75, 3.05) is 12.4 Å². The van der Waals surface area contributed by atoms with Gasteiger partial charge in [-0.2, -0.15) is 0 Å². The molecular formula is C18H20N2O3. The minimum Gasteiger partial charge on any atom is -0.496 e. The lowest BCUT2D eigenvalue weighted by atomic mass is 10.1. The molecule has 2 amide bonds. The molecule has 0 bridgehead atoms. The van der Waals surface area contributed by atoms with Gasteiger partial charge in [0.25, 0.3) is 5.91 Å². The molecule has 0 aliphatic rings. The lowest BCUT2D eigenvalue weighted by Crippen LogP contribution is -2.23. The monoisotopic (exact) mass is 312 g/mol. The minimum atomic E-state index is -0.156. The summed E-state index contributed by atoms with van der Waals surface area (Å²) in [5.74, 6) is 0.352. The first-order valence-corrected chi connectivity index (χ1v) is 7.29. The number of carbonyl (C=O) groups is 2. The SMILES string of the molecule is COc1ccc(NC(C)=O)cc1CNC(=O)c1ccc(C)cc1. The van der Waals surface area contributed by atoms with Gasteiger partial charge in [0.05, 0.1) is 7.11 Å². The summed E-state index contributed by atoms with van der Waals surface area (Å²) in [6, 6.07) is 12.7. The Bertz CT molecular complexity index is 709. The maximum absolute atomic E-state index is 12.2. The molecular weight excluding hydrogens is 292 g/mol. The van der Waals surface area contributed by atoms with Gasteiger partial charge in [-0.15, -0.1) is 0 Å². The molecule has 2 rings (SSSR count). The number of hydrogen-bond donors (Lipinski definition) is 2. The van der Waals surface area contributed by atoms with Gasteiger partial charge in [-0.3, -0.25) is 9.59 Å². The first-order valence-electron chi connectivity index (χ1n) is 7.29. The van der Waals surface area contributed by atoms with Crippen LogP contribution in [0.1, 0.15) is 28.4 Å². The van der Waals surface area contributed by atoms with E-state index in [0.29, 0.717) is 23.5 Å². The predicted octanol–water partition coefficient (Wildman–Crippen LogP) is 2.89. The summed E-state index contributed by atoms with van der Waals surface area (Å²) in [6.45, 7) is 3.73. The van der Waals surface area contributed by atoms with Crippen molar-refractivity contribution in [2.45, 2.75) is 20.4 Å². The molecule has 0 radical (unpaired) electrons. The highest BCUT2D eigenvalue weighted by Gasteiger charge is 2.09. The van der Waals surface area contributed by atoms with Crippen LogP contribution in [0, 0.1) is 6.92 Å². The van der Waals surface area contributed by atoms with E-state index in [4.69, 9.17) is 4.74 Å². The first-order chi connectivity index (χ1) is 11.0. The van der Waals surface area contributed by atoms with Crippen LogP contribution in [0.15, 0.2) is 42.5 Å². The van der Waals surface area contributed by atoms with Gasteiger partial charge in [0.2, 0.25) is 5.91 Å². The molecule has 0 fully saturated rings. The zero-order valence-corrected chi connectivity index (χ0v) is 13.5. The highest BCUT2D eigenvalue weighted by atomic mass is 16.5. The van der Waals surface area contributed by atoms with E-state index in [0.717, 1.165) is 11.1 Å². The van der Waals surface area contributed by atoms with E-state index in [1.807, 2.05) is 19.1 Å². The summed E-state index contributed by atoms with van der Waals surface area (Å²) in [5, 5.41) is 5.57. The minimum absolute atomic E-state index is 0.148. The number of rotatable bonds is 5. The summed E-state index contributed by atoms with van der Waals surface area (Å²) in [5.41, 5.74) is 3.16. The van der Waals surface area contributed by atoms with Crippen molar-refractivity contribution in [2.24, 2.45) is 0 Å². The molecule has 5 nitrogen and oxygen atoms in total. The highest BCUT2D eigenvalue weighted by molar-refractivity contribution is 5.94. The van der Waals surface area contributed by atoms with Crippen molar-refractivity contribution in [3.05, 3.63) is 59.2 Å². The normalized spacial score (nSPS) is 10.0. The number of aryl methyl sites for hydroxylation is 1. The van der Waals surface area contributed by atoms with Gasteiger partial charge in [0, 0.05) is 30.3 Å². The molecule has 2 N–H and O–H groups in total. The quantitative estimate of drug-likeness (QED) is 0.892. The topological polar surface area (TPSA) is 67.4 Å². The predicted molar refractivity (Wildman–Crippen MR) is 89.6 cm³/mol. The second-order valence-corrected chi connectivity index (χ2v) is 5.26. The van der Waals surface area contributed by atoms with Crippen LogP contribution in [0.5, 0.6) is 5.75 Å². The molecule has 0 unspecified atom stereocenters. The fourth-order valence-corrected chi connectivity index (χ4v) is 2.18. The third kappa shape index (κ3) is 4.57. The molecule has 0 saturated heterocycles. The zero-order chi connectivity index (χ0) is 16.8. The molecule has 0 aromatic heterocycles. The van der Waals surface area contributed by atoms with Crippen molar-refractivity contribution in [1.82, 2.24) is 5.32 Å². The Kier molecular flexibility index (Phi) is 5.36. The van der Waals surface area contributed by atoms with Crippen LogP contribution in [-0.4, -0.2) is 18.9 Å². The molecule has 2 aromatic carbocycles.